The van der Waals surface area contributed by atoms with E-state index in [0.717, 1.165) is 25.4 Å². The van der Waals surface area contributed by atoms with Crippen LogP contribution in [0, 0.1) is 0 Å². The van der Waals surface area contributed by atoms with Gasteiger partial charge < -0.3 is 10.1 Å². The SMILES string of the molecule is CCNC1c2ccccc2OCC1N(CC)C(C)CC. The molecule has 0 aliphatic carbocycles. The molecule has 0 saturated heterocycles. The summed E-state index contributed by atoms with van der Waals surface area (Å²) in [6.07, 6.45) is 1.17. The van der Waals surface area contributed by atoms with Crippen molar-refractivity contribution in [2.24, 2.45) is 0 Å². The molecule has 0 fully saturated rings. The van der Waals surface area contributed by atoms with Crippen molar-refractivity contribution >= 4 is 0 Å². The molecule has 112 valence electrons. The van der Waals surface area contributed by atoms with Gasteiger partial charge in [0.1, 0.15) is 12.4 Å². The van der Waals surface area contributed by atoms with Gasteiger partial charge in [-0.1, -0.05) is 39.0 Å². The maximum absolute atomic E-state index is 6.01. The molecule has 0 aromatic heterocycles. The summed E-state index contributed by atoms with van der Waals surface area (Å²) in [6, 6.07) is 9.78. The van der Waals surface area contributed by atoms with E-state index in [9.17, 15) is 0 Å². The van der Waals surface area contributed by atoms with Crippen LogP contribution in [0.2, 0.25) is 0 Å². The number of likely N-dealkylation sites (N-methyl/N-ethyl adjacent to an activating group) is 2. The van der Waals surface area contributed by atoms with Crippen molar-refractivity contribution in [3.63, 3.8) is 0 Å². The molecule has 0 radical (unpaired) electrons. The average molecular weight is 276 g/mol. The summed E-state index contributed by atoms with van der Waals surface area (Å²) in [5.41, 5.74) is 1.30. The Bertz CT molecular complexity index is 421. The number of ether oxygens (including phenoxy) is 1. The molecule has 3 unspecified atom stereocenters. The molecule has 1 N–H and O–H groups in total. The van der Waals surface area contributed by atoms with Crippen LogP contribution in [0.5, 0.6) is 5.75 Å². The van der Waals surface area contributed by atoms with Gasteiger partial charge in [-0.15, -0.1) is 0 Å². The first-order chi connectivity index (χ1) is 9.72. The van der Waals surface area contributed by atoms with E-state index in [4.69, 9.17) is 4.74 Å². The van der Waals surface area contributed by atoms with Gasteiger partial charge in [-0.25, -0.2) is 0 Å². The highest BCUT2D eigenvalue weighted by atomic mass is 16.5. The van der Waals surface area contributed by atoms with Crippen molar-refractivity contribution in [2.75, 3.05) is 19.7 Å². The minimum Gasteiger partial charge on any atom is -0.492 e. The standard InChI is InChI=1S/C17H28N2O/c1-5-13(4)19(7-3)15-12-20-16-11-9-8-10-14(16)17(15)18-6-2/h8-11,13,15,17-18H,5-7,12H2,1-4H3. The predicted octanol–water partition coefficient (Wildman–Crippen LogP) is 3.22. The summed E-state index contributed by atoms with van der Waals surface area (Å²) >= 11 is 0. The van der Waals surface area contributed by atoms with Gasteiger partial charge in [0.2, 0.25) is 0 Å². The summed E-state index contributed by atoms with van der Waals surface area (Å²) in [6.45, 7) is 11.8. The highest BCUT2D eigenvalue weighted by molar-refractivity contribution is 5.38. The molecule has 1 aromatic rings. The number of hydrogen-bond acceptors (Lipinski definition) is 3. The summed E-state index contributed by atoms with van der Waals surface area (Å²) in [7, 11) is 0. The first kappa shape index (κ1) is 15.3. The maximum atomic E-state index is 6.01. The third-order valence-electron chi connectivity index (χ3n) is 4.42. The Labute approximate surface area is 123 Å². The van der Waals surface area contributed by atoms with Gasteiger partial charge in [-0.05, 0) is 32.5 Å². The smallest absolute Gasteiger partial charge is 0.124 e. The highest BCUT2D eigenvalue weighted by Crippen LogP contribution is 2.34. The van der Waals surface area contributed by atoms with Crippen LogP contribution >= 0.6 is 0 Å². The molecule has 1 aliphatic rings. The van der Waals surface area contributed by atoms with E-state index in [1.807, 2.05) is 0 Å². The normalized spacial score (nSPS) is 23.2. The molecule has 1 aliphatic heterocycles. The fourth-order valence-corrected chi connectivity index (χ4v) is 3.21. The fraction of sp³-hybridized carbons (Fsp3) is 0.647. The van der Waals surface area contributed by atoms with Gasteiger partial charge in [-0.2, -0.15) is 0 Å². The van der Waals surface area contributed by atoms with Crippen LogP contribution in [0.25, 0.3) is 0 Å². The molecule has 0 amide bonds. The Morgan fingerprint density at radius 2 is 2.05 bits per heavy atom. The number of hydrogen-bond donors (Lipinski definition) is 1. The third-order valence-corrected chi connectivity index (χ3v) is 4.42. The Balaban J connectivity index is 2.29. The second-order valence-corrected chi connectivity index (χ2v) is 5.54. The van der Waals surface area contributed by atoms with E-state index < -0.39 is 0 Å². The largest absolute Gasteiger partial charge is 0.492 e. The number of nitrogens with one attached hydrogen (secondary N) is 1. The lowest BCUT2D eigenvalue weighted by Crippen LogP contribution is -2.53. The van der Waals surface area contributed by atoms with Gasteiger partial charge in [0, 0.05) is 11.6 Å². The molecule has 1 heterocycles. The Morgan fingerprint density at radius 1 is 1.30 bits per heavy atom. The molecule has 0 saturated carbocycles. The number of para-hydroxylation sites is 1. The zero-order valence-electron chi connectivity index (χ0n) is 13.2. The van der Waals surface area contributed by atoms with Crippen LogP contribution in [0.1, 0.15) is 45.7 Å². The van der Waals surface area contributed by atoms with E-state index in [-0.39, 0.29) is 0 Å². The van der Waals surface area contributed by atoms with E-state index in [2.05, 4.69) is 62.2 Å². The lowest BCUT2D eigenvalue weighted by atomic mass is 9.93. The minimum absolute atomic E-state index is 0.360. The summed E-state index contributed by atoms with van der Waals surface area (Å²) in [4.78, 5) is 2.57. The Kier molecular flexibility index (Phi) is 5.44. The van der Waals surface area contributed by atoms with Crippen molar-refractivity contribution in [2.45, 2.75) is 52.2 Å². The van der Waals surface area contributed by atoms with E-state index >= 15 is 0 Å². The third kappa shape index (κ3) is 2.99. The van der Waals surface area contributed by atoms with Crippen molar-refractivity contribution in [3.8, 4) is 5.75 Å². The molecule has 0 bridgehead atoms. The van der Waals surface area contributed by atoms with Crippen molar-refractivity contribution < 1.29 is 4.74 Å². The van der Waals surface area contributed by atoms with Crippen LogP contribution < -0.4 is 10.1 Å². The minimum atomic E-state index is 0.360. The molecule has 3 atom stereocenters. The zero-order chi connectivity index (χ0) is 14.5. The van der Waals surface area contributed by atoms with Crippen molar-refractivity contribution in [1.29, 1.82) is 0 Å². The van der Waals surface area contributed by atoms with Gasteiger partial charge >= 0.3 is 0 Å². The van der Waals surface area contributed by atoms with E-state index in [0.29, 0.717) is 18.1 Å². The molecule has 3 heteroatoms. The molecule has 20 heavy (non-hydrogen) atoms. The number of fused-ring (bicyclic) bond motifs is 1. The molecule has 0 spiro atoms. The van der Waals surface area contributed by atoms with E-state index in [1.165, 1.54) is 12.0 Å². The van der Waals surface area contributed by atoms with Crippen molar-refractivity contribution in [1.82, 2.24) is 10.2 Å². The first-order valence-electron chi connectivity index (χ1n) is 7.93. The van der Waals surface area contributed by atoms with Crippen LogP contribution in [0.4, 0.5) is 0 Å². The van der Waals surface area contributed by atoms with Crippen LogP contribution in [0.15, 0.2) is 24.3 Å². The van der Waals surface area contributed by atoms with Gasteiger partial charge in [0.25, 0.3) is 0 Å². The second kappa shape index (κ2) is 7.09. The molecule has 2 rings (SSSR count). The van der Waals surface area contributed by atoms with Gasteiger partial charge in [0.05, 0.1) is 12.1 Å². The second-order valence-electron chi connectivity index (χ2n) is 5.54. The Hall–Kier alpha value is -1.06. The Morgan fingerprint density at radius 3 is 2.70 bits per heavy atom. The van der Waals surface area contributed by atoms with Crippen LogP contribution in [0.3, 0.4) is 0 Å². The summed E-state index contributed by atoms with van der Waals surface area (Å²) in [5.74, 6) is 1.04. The molecule has 1 aromatic carbocycles. The maximum Gasteiger partial charge on any atom is 0.124 e. The lowest BCUT2D eigenvalue weighted by molar-refractivity contribution is 0.0605. The molecular weight excluding hydrogens is 248 g/mol. The molecule has 3 nitrogen and oxygen atoms in total. The zero-order valence-corrected chi connectivity index (χ0v) is 13.2. The number of benzene rings is 1. The first-order valence-corrected chi connectivity index (χ1v) is 7.93. The van der Waals surface area contributed by atoms with Gasteiger partial charge in [-0.3, -0.25) is 4.90 Å². The van der Waals surface area contributed by atoms with Gasteiger partial charge in [0.15, 0.2) is 0 Å². The van der Waals surface area contributed by atoms with Crippen molar-refractivity contribution in [3.05, 3.63) is 29.8 Å². The lowest BCUT2D eigenvalue weighted by Gasteiger charge is -2.43. The molecular formula is C17H28N2O. The fourth-order valence-electron chi connectivity index (χ4n) is 3.21. The van der Waals surface area contributed by atoms with Crippen LogP contribution in [-0.2, 0) is 0 Å². The average Bonchev–Trinajstić information content (AvgIpc) is 2.49. The van der Waals surface area contributed by atoms with Crippen LogP contribution in [-0.4, -0.2) is 36.7 Å². The quantitative estimate of drug-likeness (QED) is 0.863. The summed E-state index contributed by atoms with van der Waals surface area (Å²) in [5, 5.41) is 3.66. The monoisotopic (exact) mass is 276 g/mol. The highest BCUT2D eigenvalue weighted by Gasteiger charge is 2.35. The summed E-state index contributed by atoms with van der Waals surface area (Å²) < 4.78 is 6.01. The number of rotatable bonds is 6. The van der Waals surface area contributed by atoms with E-state index in [1.54, 1.807) is 0 Å². The topological polar surface area (TPSA) is 24.5 Å². The number of nitrogens with zero attached hydrogens (tertiary/aromatic N) is 1. The predicted molar refractivity (Wildman–Crippen MR) is 84.3 cm³/mol.